The maximum absolute atomic E-state index is 12.0. The molecule has 5 nitrogen and oxygen atoms in total. The molecule has 0 aliphatic heterocycles. The number of aryl methyl sites for hydroxylation is 1. The van der Waals surface area contributed by atoms with Crippen LogP contribution in [0.15, 0.2) is 59.4 Å². The van der Waals surface area contributed by atoms with Gasteiger partial charge in [-0.25, -0.2) is 4.98 Å². The molecule has 0 radical (unpaired) electrons. The van der Waals surface area contributed by atoms with Gasteiger partial charge in [0.05, 0.1) is 5.69 Å². The van der Waals surface area contributed by atoms with E-state index in [2.05, 4.69) is 15.3 Å². The zero-order valence-electron chi connectivity index (χ0n) is 13.1. The number of aromatic amines is 1. The lowest BCUT2D eigenvalue weighted by molar-refractivity contribution is 0.483. The van der Waals surface area contributed by atoms with Crippen LogP contribution in [0.25, 0.3) is 0 Å². The van der Waals surface area contributed by atoms with Crippen molar-refractivity contribution < 1.29 is 4.74 Å². The largest absolute Gasteiger partial charge is 0.457 e. The standard InChI is InChI=1S/C19H17N3O2/c23-18-16-7-4-8-17(16)21-19(22-18)20-13-9-11-15(12-10-13)24-14-5-2-1-3-6-14/h1-3,5-6,9-12H,4,7-8H2,(H2,20,21,22,23). The second kappa shape index (κ2) is 6.20. The van der Waals surface area contributed by atoms with Crippen LogP contribution in [0.1, 0.15) is 17.7 Å². The van der Waals surface area contributed by atoms with E-state index in [-0.39, 0.29) is 5.56 Å². The number of ether oxygens (including phenoxy) is 1. The van der Waals surface area contributed by atoms with Crippen LogP contribution in [-0.2, 0) is 12.8 Å². The van der Waals surface area contributed by atoms with Crippen molar-refractivity contribution in [3.05, 3.63) is 76.2 Å². The van der Waals surface area contributed by atoms with Crippen molar-refractivity contribution in [3.8, 4) is 11.5 Å². The highest BCUT2D eigenvalue weighted by Crippen LogP contribution is 2.24. The van der Waals surface area contributed by atoms with Gasteiger partial charge in [-0.3, -0.25) is 9.78 Å². The number of nitrogens with zero attached hydrogens (tertiary/aromatic N) is 1. The number of fused-ring (bicyclic) bond motifs is 1. The maximum atomic E-state index is 12.0. The number of para-hydroxylation sites is 1. The van der Waals surface area contributed by atoms with E-state index in [0.29, 0.717) is 5.95 Å². The first-order valence-corrected chi connectivity index (χ1v) is 8.00. The van der Waals surface area contributed by atoms with Crippen LogP contribution in [0.4, 0.5) is 11.6 Å². The molecule has 0 spiro atoms. The summed E-state index contributed by atoms with van der Waals surface area (Å²) in [6, 6.07) is 17.2. The highest BCUT2D eigenvalue weighted by molar-refractivity contribution is 5.55. The van der Waals surface area contributed by atoms with Crippen LogP contribution in [-0.4, -0.2) is 9.97 Å². The smallest absolute Gasteiger partial charge is 0.255 e. The second-order valence-electron chi connectivity index (χ2n) is 5.76. The number of anilines is 2. The molecule has 0 amide bonds. The summed E-state index contributed by atoms with van der Waals surface area (Å²) >= 11 is 0. The molecule has 0 unspecified atom stereocenters. The monoisotopic (exact) mass is 319 g/mol. The van der Waals surface area contributed by atoms with E-state index >= 15 is 0 Å². The Bertz CT molecular complexity index is 902. The SMILES string of the molecule is O=c1[nH]c(Nc2ccc(Oc3ccccc3)cc2)nc2c1CCC2. The van der Waals surface area contributed by atoms with Crippen molar-refractivity contribution >= 4 is 11.6 Å². The molecule has 0 fully saturated rings. The number of benzene rings is 2. The Kier molecular flexibility index (Phi) is 3.75. The molecule has 2 N–H and O–H groups in total. The van der Waals surface area contributed by atoms with Gasteiger partial charge in [0, 0.05) is 11.3 Å². The summed E-state index contributed by atoms with van der Waals surface area (Å²) in [6.07, 6.45) is 2.70. The van der Waals surface area contributed by atoms with E-state index < -0.39 is 0 Å². The molecule has 4 rings (SSSR count). The summed E-state index contributed by atoms with van der Waals surface area (Å²) in [7, 11) is 0. The fourth-order valence-corrected chi connectivity index (χ4v) is 2.87. The Hall–Kier alpha value is -3.08. The highest BCUT2D eigenvalue weighted by Gasteiger charge is 2.17. The van der Waals surface area contributed by atoms with Crippen LogP contribution >= 0.6 is 0 Å². The first-order valence-electron chi connectivity index (χ1n) is 8.00. The molecular formula is C19H17N3O2. The fraction of sp³-hybridized carbons (Fsp3) is 0.158. The molecule has 0 saturated carbocycles. The predicted octanol–water partition coefficient (Wildman–Crippen LogP) is 3.79. The van der Waals surface area contributed by atoms with E-state index in [0.717, 1.165) is 47.7 Å². The Balaban J connectivity index is 1.50. The van der Waals surface area contributed by atoms with Gasteiger partial charge in [0.1, 0.15) is 11.5 Å². The van der Waals surface area contributed by atoms with Crippen LogP contribution < -0.4 is 15.6 Å². The lowest BCUT2D eigenvalue weighted by atomic mass is 10.2. The molecule has 1 aromatic heterocycles. The lowest BCUT2D eigenvalue weighted by Crippen LogP contribution is -2.16. The molecule has 1 aliphatic carbocycles. The third-order valence-electron chi connectivity index (χ3n) is 4.04. The summed E-state index contributed by atoms with van der Waals surface area (Å²) in [5.74, 6) is 2.03. The summed E-state index contributed by atoms with van der Waals surface area (Å²) in [4.78, 5) is 19.3. The first kappa shape index (κ1) is 14.5. The van der Waals surface area contributed by atoms with E-state index in [4.69, 9.17) is 4.74 Å². The quantitative estimate of drug-likeness (QED) is 0.767. The molecule has 2 aromatic carbocycles. The van der Waals surface area contributed by atoms with Crippen molar-refractivity contribution in [3.63, 3.8) is 0 Å². The van der Waals surface area contributed by atoms with Crippen molar-refractivity contribution in [2.75, 3.05) is 5.32 Å². The molecule has 120 valence electrons. The van der Waals surface area contributed by atoms with Crippen molar-refractivity contribution in [2.24, 2.45) is 0 Å². The number of H-pyrrole nitrogens is 1. The second-order valence-corrected chi connectivity index (χ2v) is 5.76. The summed E-state index contributed by atoms with van der Waals surface area (Å²) in [5, 5.41) is 3.14. The van der Waals surface area contributed by atoms with E-state index in [1.54, 1.807) is 0 Å². The number of hydrogen-bond acceptors (Lipinski definition) is 4. The van der Waals surface area contributed by atoms with E-state index in [1.807, 2.05) is 54.6 Å². The third-order valence-corrected chi connectivity index (χ3v) is 4.04. The topological polar surface area (TPSA) is 67.0 Å². The van der Waals surface area contributed by atoms with Gasteiger partial charge in [0.25, 0.3) is 5.56 Å². The Labute approximate surface area is 139 Å². The Morgan fingerprint density at radius 2 is 1.71 bits per heavy atom. The fourth-order valence-electron chi connectivity index (χ4n) is 2.87. The van der Waals surface area contributed by atoms with Crippen molar-refractivity contribution in [1.29, 1.82) is 0 Å². The van der Waals surface area contributed by atoms with Crippen molar-refractivity contribution in [1.82, 2.24) is 9.97 Å². The predicted molar refractivity (Wildman–Crippen MR) is 93.1 cm³/mol. The van der Waals surface area contributed by atoms with Gasteiger partial charge < -0.3 is 10.1 Å². The Morgan fingerprint density at radius 3 is 2.50 bits per heavy atom. The van der Waals surface area contributed by atoms with Crippen molar-refractivity contribution in [2.45, 2.75) is 19.3 Å². The van der Waals surface area contributed by atoms with E-state index in [1.165, 1.54) is 0 Å². The zero-order chi connectivity index (χ0) is 16.4. The molecule has 24 heavy (non-hydrogen) atoms. The average Bonchev–Trinajstić information content (AvgIpc) is 3.07. The summed E-state index contributed by atoms with van der Waals surface area (Å²) in [5.41, 5.74) is 2.54. The molecular weight excluding hydrogens is 302 g/mol. The number of rotatable bonds is 4. The normalized spacial score (nSPS) is 12.7. The molecule has 3 aromatic rings. The minimum absolute atomic E-state index is 0.0379. The van der Waals surface area contributed by atoms with Gasteiger partial charge in [-0.15, -0.1) is 0 Å². The molecule has 1 aliphatic rings. The first-order chi connectivity index (χ1) is 11.8. The number of nitrogens with one attached hydrogen (secondary N) is 2. The Morgan fingerprint density at radius 1 is 0.958 bits per heavy atom. The van der Waals surface area contributed by atoms with Gasteiger partial charge in [-0.2, -0.15) is 0 Å². The molecule has 5 heteroatoms. The summed E-state index contributed by atoms with van der Waals surface area (Å²) < 4.78 is 5.76. The molecule has 1 heterocycles. The van der Waals surface area contributed by atoms with Crippen LogP contribution in [0.2, 0.25) is 0 Å². The number of aromatic nitrogens is 2. The average molecular weight is 319 g/mol. The molecule has 0 bridgehead atoms. The molecule has 0 atom stereocenters. The number of hydrogen-bond donors (Lipinski definition) is 2. The highest BCUT2D eigenvalue weighted by atomic mass is 16.5. The van der Waals surface area contributed by atoms with Gasteiger partial charge >= 0.3 is 0 Å². The lowest BCUT2D eigenvalue weighted by Gasteiger charge is -2.09. The van der Waals surface area contributed by atoms with Gasteiger partial charge in [-0.1, -0.05) is 18.2 Å². The van der Waals surface area contributed by atoms with Gasteiger partial charge in [0.15, 0.2) is 0 Å². The van der Waals surface area contributed by atoms with Crippen LogP contribution in [0, 0.1) is 0 Å². The van der Waals surface area contributed by atoms with Crippen LogP contribution in [0.5, 0.6) is 11.5 Å². The maximum Gasteiger partial charge on any atom is 0.255 e. The summed E-state index contributed by atoms with van der Waals surface area (Å²) in [6.45, 7) is 0. The zero-order valence-corrected chi connectivity index (χ0v) is 13.1. The van der Waals surface area contributed by atoms with E-state index in [9.17, 15) is 4.79 Å². The van der Waals surface area contributed by atoms with Gasteiger partial charge in [0.2, 0.25) is 5.95 Å². The third kappa shape index (κ3) is 3.01. The molecule has 0 saturated heterocycles. The van der Waals surface area contributed by atoms with Gasteiger partial charge in [-0.05, 0) is 55.7 Å². The van der Waals surface area contributed by atoms with Crippen LogP contribution in [0.3, 0.4) is 0 Å². The minimum atomic E-state index is -0.0379. The minimum Gasteiger partial charge on any atom is -0.457 e.